The first-order valence-electron chi connectivity index (χ1n) is 3.87. The molecule has 0 bridgehead atoms. The predicted octanol–water partition coefficient (Wildman–Crippen LogP) is 3.91. The molecule has 1 aromatic carbocycles. The Morgan fingerprint density at radius 3 is 2.60 bits per heavy atom. The van der Waals surface area contributed by atoms with Crippen LogP contribution in [0.15, 0.2) is 16.6 Å². The van der Waals surface area contributed by atoms with Crippen LogP contribution in [-0.4, -0.2) is 12.4 Å². The number of benzene rings is 1. The molecule has 15 heavy (non-hydrogen) atoms. The Morgan fingerprint density at radius 1 is 1.53 bits per heavy atom. The lowest BCUT2D eigenvalue weighted by Gasteiger charge is -2.10. The molecule has 2 nitrogen and oxygen atoms in total. The minimum absolute atomic E-state index is 0.0497. The monoisotopic (exact) mass is 298 g/mol. The van der Waals surface area contributed by atoms with Crippen LogP contribution in [0.2, 0.25) is 5.02 Å². The second kappa shape index (κ2) is 4.90. The molecule has 0 fully saturated rings. The van der Waals surface area contributed by atoms with E-state index in [1.807, 2.05) is 0 Å². The SMILES string of the molecule is CC(=O)c1c(OC(F)F)ccc(Br)c1Cl. The Hall–Kier alpha value is -0.680. The summed E-state index contributed by atoms with van der Waals surface area (Å²) in [5.41, 5.74) is -0.0497. The van der Waals surface area contributed by atoms with Crippen molar-refractivity contribution in [2.24, 2.45) is 0 Å². The zero-order valence-corrected chi connectivity index (χ0v) is 9.90. The second-order valence-electron chi connectivity index (χ2n) is 2.67. The van der Waals surface area contributed by atoms with Crippen LogP contribution in [0.1, 0.15) is 17.3 Å². The highest BCUT2D eigenvalue weighted by Crippen LogP contribution is 2.34. The summed E-state index contributed by atoms with van der Waals surface area (Å²) in [6.45, 7) is -1.76. The van der Waals surface area contributed by atoms with Crippen molar-refractivity contribution in [2.45, 2.75) is 13.5 Å². The lowest BCUT2D eigenvalue weighted by Crippen LogP contribution is -2.07. The molecular weight excluding hydrogens is 293 g/mol. The quantitative estimate of drug-likeness (QED) is 0.791. The summed E-state index contributed by atoms with van der Waals surface area (Å²) >= 11 is 8.87. The Morgan fingerprint density at radius 2 is 2.13 bits per heavy atom. The van der Waals surface area contributed by atoms with Gasteiger partial charge in [0.25, 0.3) is 0 Å². The summed E-state index contributed by atoms with van der Waals surface area (Å²) in [7, 11) is 0. The number of carbonyl (C=O) groups excluding carboxylic acids is 1. The highest BCUT2D eigenvalue weighted by molar-refractivity contribution is 9.10. The largest absolute Gasteiger partial charge is 0.434 e. The van der Waals surface area contributed by atoms with Crippen LogP contribution >= 0.6 is 27.5 Å². The van der Waals surface area contributed by atoms with Gasteiger partial charge in [-0.25, -0.2) is 0 Å². The number of halogens is 4. The number of Topliss-reactive ketones (excluding diaryl/α,β-unsaturated/α-hetero) is 1. The van der Waals surface area contributed by atoms with Gasteiger partial charge in [-0.3, -0.25) is 4.79 Å². The summed E-state index contributed by atoms with van der Waals surface area (Å²) < 4.78 is 28.7. The summed E-state index contributed by atoms with van der Waals surface area (Å²) in [5, 5.41) is 0.0700. The molecule has 0 heterocycles. The molecule has 0 amide bonds. The van der Waals surface area contributed by atoms with E-state index in [1.165, 1.54) is 19.1 Å². The Kier molecular flexibility index (Phi) is 4.04. The number of rotatable bonds is 3. The van der Waals surface area contributed by atoms with Crippen LogP contribution in [0.3, 0.4) is 0 Å². The molecule has 0 atom stereocenters. The molecule has 0 aliphatic rings. The fourth-order valence-electron chi connectivity index (χ4n) is 1.06. The van der Waals surface area contributed by atoms with Crippen LogP contribution in [0.4, 0.5) is 8.78 Å². The summed E-state index contributed by atoms with van der Waals surface area (Å²) in [6, 6.07) is 2.70. The zero-order valence-electron chi connectivity index (χ0n) is 7.56. The number of ketones is 1. The second-order valence-corrected chi connectivity index (χ2v) is 3.90. The number of ether oxygens (including phenoxy) is 1. The normalized spacial score (nSPS) is 10.5. The van der Waals surface area contributed by atoms with E-state index in [9.17, 15) is 13.6 Å². The summed E-state index contributed by atoms with van der Waals surface area (Å²) in [4.78, 5) is 11.2. The maximum atomic E-state index is 12.0. The lowest BCUT2D eigenvalue weighted by molar-refractivity contribution is -0.0501. The van der Waals surface area contributed by atoms with Gasteiger partial charge in [0.05, 0.1) is 10.6 Å². The van der Waals surface area contributed by atoms with Gasteiger partial charge in [0.2, 0.25) is 0 Å². The van der Waals surface area contributed by atoms with Crippen molar-refractivity contribution in [1.29, 1.82) is 0 Å². The van der Waals surface area contributed by atoms with Gasteiger partial charge in [-0.15, -0.1) is 0 Å². The number of hydrogen-bond acceptors (Lipinski definition) is 2. The summed E-state index contributed by atoms with van der Waals surface area (Å²) in [5.74, 6) is -0.650. The first-order valence-corrected chi connectivity index (χ1v) is 5.04. The van der Waals surface area contributed by atoms with Crippen molar-refractivity contribution in [3.63, 3.8) is 0 Å². The van der Waals surface area contributed by atoms with Gasteiger partial charge >= 0.3 is 6.61 Å². The van der Waals surface area contributed by atoms with Gasteiger partial charge in [-0.2, -0.15) is 8.78 Å². The molecule has 82 valence electrons. The van der Waals surface area contributed by atoms with Crippen LogP contribution in [0.5, 0.6) is 5.75 Å². The first-order chi connectivity index (χ1) is 6.93. The Bertz CT molecular complexity index is 396. The minimum atomic E-state index is -2.99. The standard InChI is InChI=1S/C9H6BrClF2O2/c1-4(14)7-6(15-9(12)13)3-2-5(10)8(7)11/h2-3,9H,1H3. The number of hydrogen-bond donors (Lipinski definition) is 0. The molecule has 1 rings (SSSR count). The van der Waals surface area contributed by atoms with Crippen LogP contribution in [0.25, 0.3) is 0 Å². The van der Waals surface area contributed by atoms with E-state index in [2.05, 4.69) is 20.7 Å². The first kappa shape index (κ1) is 12.4. The molecule has 0 saturated carbocycles. The molecule has 0 saturated heterocycles. The molecule has 0 aliphatic heterocycles. The van der Waals surface area contributed by atoms with Crippen LogP contribution < -0.4 is 4.74 Å². The van der Waals surface area contributed by atoms with Crippen molar-refractivity contribution in [3.05, 3.63) is 27.2 Å². The molecule has 0 aromatic heterocycles. The van der Waals surface area contributed by atoms with Gasteiger partial charge in [0.1, 0.15) is 5.75 Å². The van der Waals surface area contributed by atoms with Gasteiger partial charge in [-0.05, 0) is 35.0 Å². The fourth-order valence-corrected chi connectivity index (χ4v) is 1.67. The molecule has 0 spiro atoms. The maximum absolute atomic E-state index is 12.0. The molecule has 0 unspecified atom stereocenters. The Balaban J connectivity index is 3.27. The molecule has 1 aromatic rings. The van der Waals surface area contributed by atoms with E-state index < -0.39 is 12.4 Å². The van der Waals surface area contributed by atoms with E-state index in [-0.39, 0.29) is 16.3 Å². The van der Waals surface area contributed by atoms with Crippen molar-refractivity contribution >= 4 is 33.3 Å². The third-order valence-electron chi connectivity index (χ3n) is 1.62. The van der Waals surface area contributed by atoms with Crippen molar-refractivity contribution in [2.75, 3.05) is 0 Å². The van der Waals surface area contributed by atoms with Gasteiger partial charge in [0, 0.05) is 4.47 Å². The van der Waals surface area contributed by atoms with Crippen molar-refractivity contribution < 1.29 is 18.3 Å². The highest BCUT2D eigenvalue weighted by Gasteiger charge is 2.18. The van der Waals surface area contributed by atoms with E-state index in [0.717, 1.165) is 0 Å². The van der Waals surface area contributed by atoms with Gasteiger partial charge in [-0.1, -0.05) is 11.6 Å². The van der Waals surface area contributed by atoms with E-state index in [1.54, 1.807) is 0 Å². The molecule has 6 heteroatoms. The zero-order chi connectivity index (χ0) is 11.6. The van der Waals surface area contributed by atoms with Crippen molar-refractivity contribution in [1.82, 2.24) is 0 Å². The molecule has 0 N–H and O–H groups in total. The maximum Gasteiger partial charge on any atom is 0.387 e. The van der Waals surface area contributed by atoms with Gasteiger partial charge < -0.3 is 4.74 Å². The topological polar surface area (TPSA) is 26.3 Å². The smallest absolute Gasteiger partial charge is 0.387 e. The van der Waals surface area contributed by atoms with Crippen LogP contribution in [-0.2, 0) is 0 Å². The molecular formula is C9H6BrClF2O2. The van der Waals surface area contributed by atoms with E-state index in [4.69, 9.17) is 11.6 Å². The van der Waals surface area contributed by atoms with Crippen LogP contribution in [0, 0.1) is 0 Å². The highest BCUT2D eigenvalue weighted by atomic mass is 79.9. The molecule has 0 radical (unpaired) electrons. The third kappa shape index (κ3) is 2.89. The average molecular weight is 299 g/mol. The Labute approximate surface area is 98.3 Å². The predicted molar refractivity (Wildman–Crippen MR) is 55.8 cm³/mol. The molecule has 0 aliphatic carbocycles. The van der Waals surface area contributed by atoms with Crippen molar-refractivity contribution in [3.8, 4) is 5.75 Å². The van der Waals surface area contributed by atoms with E-state index in [0.29, 0.717) is 4.47 Å². The third-order valence-corrected chi connectivity index (χ3v) is 2.91. The average Bonchev–Trinajstić information content (AvgIpc) is 2.10. The van der Waals surface area contributed by atoms with Gasteiger partial charge in [0.15, 0.2) is 5.78 Å². The number of carbonyl (C=O) groups is 1. The number of alkyl halides is 2. The summed E-state index contributed by atoms with van der Waals surface area (Å²) in [6.07, 6.45) is 0. The minimum Gasteiger partial charge on any atom is -0.434 e. The fraction of sp³-hybridized carbons (Fsp3) is 0.222. The lowest BCUT2D eigenvalue weighted by atomic mass is 10.1. The van der Waals surface area contributed by atoms with E-state index >= 15 is 0 Å².